The van der Waals surface area contributed by atoms with E-state index in [9.17, 15) is 4.79 Å². The van der Waals surface area contributed by atoms with Crippen LogP contribution in [0.25, 0.3) is 0 Å². The highest BCUT2D eigenvalue weighted by Crippen LogP contribution is 2.27. The van der Waals surface area contributed by atoms with Crippen LogP contribution in [-0.4, -0.2) is 37.8 Å². The summed E-state index contributed by atoms with van der Waals surface area (Å²) in [5.74, 6) is 5.40. The summed E-state index contributed by atoms with van der Waals surface area (Å²) in [5.41, 5.74) is -0.230. The molecule has 0 fully saturated rings. The summed E-state index contributed by atoms with van der Waals surface area (Å²) in [6.45, 7) is 5.96. The lowest BCUT2D eigenvalue weighted by Crippen LogP contribution is -2.58. The Hall–Kier alpha value is -0.270. The number of halogens is 1. The normalized spacial score (nSPS) is 23.2. The summed E-state index contributed by atoms with van der Waals surface area (Å²) in [7, 11) is 0. The fraction of sp³-hybridized carbons (Fsp3) is 0.750. The van der Waals surface area contributed by atoms with E-state index in [1.54, 1.807) is 5.01 Å². The van der Waals surface area contributed by atoms with Crippen LogP contribution in [0.2, 0.25) is 0 Å². The van der Waals surface area contributed by atoms with Gasteiger partial charge in [-0.1, -0.05) is 27.7 Å². The van der Waals surface area contributed by atoms with Gasteiger partial charge in [-0.15, -0.1) is 5.10 Å². The number of hydrogen-bond acceptors (Lipinski definition) is 5. The van der Waals surface area contributed by atoms with Crippen LogP contribution in [-0.2, 0) is 4.79 Å². The molecule has 0 aliphatic carbocycles. The molecule has 0 aromatic rings. The summed E-state index contributed by atoms with van der Waals surface area (Å²) >= 11 is 4.64. The molecule has 1 atom stereocenters. The average molecular weight is 295 g/mol. The predicted octanol–water partition coefficient (Wildman–Crippen LogP) is 1.16. The van der Waals surface area contributed by atoms with Crippen molar-refractivity contribution in [2.45, 2.75) is 31.3 Å². The molecule has 1 amide bonds. The van der Waals surface area contributed by atoms with Crippen molar-refractivity contribution in [3.05, 3.63) is 0 Å². The molecule has 15 heavy (non-hydrogen) atoms. The van der Waals surface area contributed by atoms with E-state index in [-0.39, 0.29) is 11.4 Å². The number of amides is 1. The van der Waals surface area contributed by atoms with E-state index in [0.29, 0.717) is 5.17 Å². The van der Waals surface area contributed by atoms with Crippen LogP contribution in [0, 0.1) is 0 Å². The highest BCUT2D eigenvalue weighted by molar-refractivity contribution is 9.09. The molecule has 0 saturated heterocycles. The Kier molecular flexibility index (Phi) is 3.67. The number of carbonyl (C=O) groups is 1. The fourth-order valence-electron chi connectivity index (χ4n) is 1.13. The molecule has 1 heterocycles. The van der Waals surface area contributed by atoms with Crippen molar-refractivity contribution < 1.29 is 4.79 Å². The molecule has 1 rings (SSSR count). The van der Waals surface area contributed by atoms with Crippen LogP contribution in [0.1, 0.15) is 20.8 Å². The Morgan fingerprint density at radius 1 is 1.53 bits per heavy atom. The number of rotatable bonds is 0. The molecule has 0 aromatic carbocycles. The molecular formula is C8H15BrN4OS. The van der Waals surface area contributed by atoms with Crippen LogP contribution in [0.4, 0.5) is 0 Å². The molecular weight excluding hydrogens is 280 g/mol. The maximum absolute atomic E-state index is 11.8. The van der Waals surface area contributed by atoms with Gasteiger partial charge >= 0.3 is 0 Å². The molecule has 0 radical (unpaired) electrons. The molecule has 1 unspecified atom stereocenters. The van der Waals surface area contributed by atoms with Crippen molar-refractivity contribution in [2.24, 2.45) is 10.9 Å². The Balaban J connectivity index is 3.09. The van der Waals surface area contributed by atoms with Gasteiger partial charge in [0.1, 0.15) is 0 Å². The van der Waals surface area contributed by atoms with Crippen LogP contribution in [0.15, 0.2) is 5.10 Å². The first-order chi connectivity index (χ1) is 6.79. The number of alkyl halides is 1. The van der Waals surface area contributed by atoms with Gasteiger partial charge in [-0.05, 0) is 27.0 Å². The zero-order chi connectivity index (χ0) is 11.8. The van der Waals surface area contributed by atoms with Gasteiger partial charge in [0.05, 0.1) is 5.54 Å². The number of carbonyl (C=O) groups excluding carboxylic acids is 1. The molecule has 1 aliphatic heterocycles. The molecule has 86 valence electrons. The third kappa shape index (κ3) is 2.46. The molecule has 0 spiro atoms. The van der Waals surface area contributed by atoms with Crippen molar-refractivity contribution in [3.8, 4) is 0 Å². The Morgan fingerprint density at radius 3 is 2.47 bits per heavy atom. The number of hydrogen-bond donors (Lipinski definition) is 1. The van der Waals surface area contributed by atoms with E-state index < -0.39 is 4.95 Å². The van der Waals surface area contributed by atoms with Gasteiger partial charge in [0.15, 0.2) is 4.95 Å². The third-order valence-electron chi connectivity index (χ3n) is 1.93. The van der Waals surface area contributed by atoms with E-state index >= 15 is 0 Å². The number of amidine groups is 1. The summed E-state index contributed by atoms with van der Waals surface area (Å²) in [6, 6.07) is 0. The number of hydrazone groups is 1. The topological polar surface area (TPSA) is 61.9 Å². The lowest BCUT2D eigenvalue weighted by atomic mass is 10.1. The van der Waals surface area contributed by atoms with E-state index in [0.717, 1.165) is 5.01 Å². The molecule has 5 nitrogen and oxygen atoms in total. The zero-order valence-corrected chi connectivity index (χ0v) is 11.6. The van der Waals surface area contributed by atoms with Gasteiger partial charge in [0.2, 0.25) is 5.17 Å². The van der Waals surface area contributed by atoms with Crippen molar-refractivity contribution >= 4 is 38.8 Å². The first-order valence-corrected chi connectivity index (χ1v) is 6.57. The quantitative estimate of drug-likeness (QED) is 0.315. The molecule has 0 aromatic heterocycles. The zero-order valence-electron chi connectivity index (χ0n) is 9.19. The third-order valence-corrected chi connectivity index (χ3v) is 3.35. The number of hydrazine groups is 1. The summed E-state index contributed by atoms with van der Waals surface area (Å²) in [6.07, 6.45) is 1.83. The molecule has 0 saturated carbocycles. The molecule has 2 N–H and O–H groups in total. The Bertz CT molecular complexity index is 302. The fourth-order valence-corrected chi connectivity index (χ4v) is 2.52. The van der Waals surface area contributed by atoms with E-state index in [1.165, 1.54) is 11.8 Å². The minimum Gasteiger partial charge on any atom is -0.269 e. The summed E-state index contributed by atoms with van der Waals surface area (Å²) in [4.78, 5) is 11.3. The smallest absolute Gasteiger partial charge is 0.269 e. The van der Waals surface area contributed by atoms with Crippen molar-refractivity contribution in [2.75, 3.05) is 6.26 Å². The van der Waals surface area contributed by atoms with Gasteiger partial charge in [-0.3, -0.25) is 9.80 Å². The second kappa shape index (κ2) is 4.31. The maximum atomic E-state index is 11.8. The summed E-state index contributed by atoms with van der Waals surface area (Å²) in [5, 5.41) is 7.62. The largest absolute Gasteiger partial charge is 0.278 e. The molecule has 1 aliphatic rings. The van der Waals surface area contributed by atoms with Crippen molar-refractivity contribution in [3.63, 3.8) is 0 Å². The molecule has 0 bridgehead atoms. The van der Waals surface area contributed by atoms with E-state index in [1.807, 2.05) is 27.0 Å². The SMILES string of the molecule is CSC1=NN(C(C)(C)C)C(Br)C(=O)N1N. The number of thioether (sulfide) groups is 1. The highest BCUT2D eigenvalue weighted by atomic mass is 79.9. The minimum absolute atomic E-state index is 0.204. The van der Waals surface area contributed by atoms with Crippen LogP contribution < -0.4 is 5.84 Å². The Morgan fingerprint density at radius 2 is 2.07 bits per heavy atom. The van der Waals surface area contributed by atoms with Crippen molar-refractivity contribution in [1.29, 1.82) is 0 Å². The standard InChI is InChI=1S/C8H15BrN4OS/c1-8(2,3)13-5(9)6(14)12(10)7(11-13)15-4/h5H,10H2,1-4H3. The second-order valence-electron chi connectivity index (χ2n) is 4.15. The minimum atomic E-state index is -0.501. The second-order valence-corrected chi connectivity index (χ2v) is 5.79. The first kappa shape index (κ1) is 12.8. The van der Waals surface area contributed by atoms with Crippen LogP contribution in [0.5, 0.6) is 0 Å². The lowest BCUT2D eigenvalue weighted by Gasteiger charge is -2.40. The monoisotopic (exact) mass is 294 g/mol. The van der Waals surface area contributed by atoms with E-state index in [2.05, 4.69) is 21.0 Å². The number of nitrogens with two attached hydrogens (primary N) is 1. The summed E-state index contributed by atoms with van der Waals surface area (Å²) < 4.78 is 0. The van der Waals surface area contributed by atoms with Gasteiger partial charge in [-0.25, -0.2) is 10.9 Å². The van der Waals surface area contributed by atoms with Gasteiger partial charge in [-0.2, -0.15) is 0 Å². The van der Waals surface area contributed by atoms with E-state index in [4.69, 9.17) is 5.84 Å². The molecule has 7 heteroatoms. The van der Waals surface area contributed by atoms with Gasteiger partial charge < -0.3 is 0 Å². The lowest BCUT2D eigenvalue weighted by molar-refractivity contribution is -0.132. The predicted molar refractivity (Wildman–Crippen MR) is 66.3 cm³/mol. The Labute approximate surface area is 102 Å². The van der Waals surface area contributed by atoms with Crippen LogP contribution >= 0.6 is 27.7 Å². The van der Waals surface area contributed by atoms with Gasteiger partial charge in [0.25, 0.3) is 5.91 Å². The van der Waals surface area contributed by atoms with Crippen molar-refractivity contribution in [1.82, 2.24) is 10.0 Å². The average Bonchev–Trinajstić information content (AvgIpc) is 2.13. The van der Waals surface area contributed by atoms with Gasteiger partial charge in [0, 0.05) is 0 Å². The maximum Gasteiger partial charge on any atom is 0.278 e. The highest BCUT2D eigenvalue weighted by Gasteiger charge is 2.38. The number of nitrogens with zero attached hydrogens (tertiary/aromatic N) is 3. The van der Waals surface area contributed by atoms with Crippen LogP contribution in [0.3, 0.4) is 0 Å². The first-order valence-electron chi connectivity index (χ1n) is 4.43.